The van der Waals surface area contributed by atoms with E-state index in [2.05, 4.69) is 36.5 Å². The van der Waals surface area contributed by atoms with Crippen molar-refractivity contribution in [2.75, 3.05) is 19.6 Å². The van der Waals surface area contributed by atoms with Crippen LogP contribution in [0, 0.1) is 0 Å². The van der Waals surface area contributed by atoms with Gasteiger partial charge in [0.05, 0.1) is 0 Å². The van der Waals surface area contributed by atoms with Gasteiger partial charge in [-0.1, -0.05) is 69.8 Å². The summed E-state index contributed by atoms with van der Waals surface area (Å²) in [6, 6.07) is 0. The van der Waals surface area contributed by atoms with Gasteiger partial charge in [0.15, 0.2) is 0 Å². The quantitative estimate of drug-likeness (QED) is 0.206. The maximum absolute atomic E-state index is 9.00. The highest BCUT2D eigenvalue weighted by Crippen LogP contribution is 2.07. The molecule has 0 aliphatic carbocycles. The van der Waals surface area contributed by atoms with Gasteiger partial charge in [0.1, 0.15) is 0 Å². The Bertz CT molecular complexity index is 337. The minimum atomic E-state index is -0.833. The van der Waals surface area contributed by atoms with Crippen LogP contribution >= 0.6 is 0 Å². The van der Waals surface area contributed by atoms with E-state index in [4.69, 9.17) is 15.6 Å². The van der Waals surface area contributed by atoms with Gasteiger partial charge in [-0.05, 0) is 64.6 Å². The van der Waals surface area contributed by atoms with Gasteiger partial charge in [0.2, 0.25) is 0 Å². The smallest absolute Gasteiger partial charge is 0.300 e. The summed E-state index contributed by atoms with van der Waals surface area (Å²) in [6.45, 7) is 6.39. The number of nitrogens with two attached hydrogens (primary N) is 1. The van der Waals surface area contributed by atoms with Gasteiger partial charge in [-0.15, -0.1) is 0 Å². The third-order valence-electron chi connectivity index (χ3n) is 4.11. The molecule has 0 atom stereocenters. The molecule has 0 rings (SSSR count). The van der Waals surface area contributed by atoms with Crippen LogP contribution < -0.4 is 11.1 Å². The molecule has 0 bridgehead atoms. The zero-order valence-electron chi connectivity index (χ0n) is 18.1. The Morgan fingerprint density at radius 2 is 1.30 bits per heavy atom. The predicted octanol–water partition coefficient (Wildman–Crippen LogP) is 5.83. The molecule has 0 heterocycles. The van der Waals surface area contributed by atoms with E-state index in [1.807, 2.05) is 0 Å². The first-order valence-electron chi connectivity index (χ1n) is 11.0. The van der Waals surface area contributed by atoms with Crippen LogP contribution in [0.15, 0.2) is 24.3 Å². The summed E-state index contributed by atoms with van der Waals surface area (Å²) in [7, 11) is 0. The van der Waals surface area contributed by atoms with Gasteiger partial charge in [0, 0.05) is 6.92 Å². The summed E-state index contributed by atoms with van der Waals surface area (Å²) in [4.78, 5) is 9.00. The molecule has 0 aliphatic heterocycles. The maximum atomic E-state index is 9.00. The van der Waals surface area contributed by atoms with Crippen LogP contribution in [0.1, 0.15) is 97.3 Å². The van der Waals surface area contributed by atoms with Crippen molar-refractivity contribution in [2.24, 2.45) is 5.73 Å². The lowest BCUT2D eigenvalue weighted by Crippen LogP contribution is -2.19. The summed E-state index contributed by atoms with van der Waals surface area (Å²) in [5, 5.41) is 10.9. The number of nitrogens with one attached hydrogen (secondary N) is 1. The molecule has 27 heavy (non-hydrogen) atoms. The summed E-state index contributed by atoms with van der Waals surface area (Å²) in [5.74, 6) is -0.833. The third-order valence-corrected chi connectivity index (χ3v) is 4.11. The first-order chi connectivity index (χ1) is 13.1. The first-order valence-corrected chi connectivity index (χ1v) is 11.0. The third kappa shape index (κ3) is 36.5. The van der Waals surface area contributed by atoms with Crippen molar-refractivity contribution in [1.29, 1.82) is 0 Å². The molecule has 0 radical (unpaired) electrons. The molecule has 0 aromatic rings. The molecular formula is C23H46N2O2. The van der Waals surface area contributed by atoms with Crippen molar-refractivity contribution in [3.63, 3.8) is 0 Å². The molecule has 0 saturated heterocycles. The molecule has 4 heteroatoms. The van der Waals surface area contributed by atoms with Crippen LogP contribution in [-0.2, 0) is 4.79 Å². The first kappa shape index (κ1) is 28.1. The number of carboxylic acids is 1. The van der Waals surface area contributed by atoms with Crippen LogP contribution in [-0.4, -0.2) is 30.7 Å². The minimum absolute atomic E-state index is 0.802. The standard InChI is InChI=1S/C21H42N2.C2H4O2/c1-2-3-4-5-6-7-8-9-10-11-12-13-14-15-16-17-20-23-21-18-19-22;1-2(3)4/h6-7,9-10,23H,2-5,8,11-22H2,1H3;1H3,(H,3,4)/b7-6-,10-9-;. The fourth-order valence-corrected chi connectivity index (χ4v) is 2.59. The van der Waals surface area contributed by atoms with Crippen molar-refractivity contribution in [3.05, 3.63) is 24.3 Å². The zero-order valence-corrected chi connectivity index (χ0v) is 18.1. The summed E-state index contributed by atoms with van der Waals surface area (Å²) in [6.07, 6.45) is 26.3. The number of aliphatic carboxylic acids is 1. The number of hydrogen-bond donors (Lipinski definition) is 3. The van der Waals surface area contributed by atoms with Crippen LogP contribution in [0.2, 0.25) is 0 Å². The Kier molecular flexibility index (Phi) is 28.2. The highest BCUT2D eigenvalue weighted by molar-refractivity contribution is 5.62. The number of allylic oxidation sites excluding steroid dienone is 4. The van der Waals surface area contributed by atoms with E-state index in [1.165, 1.54) is 70.6 Å². The highest BCUT2D eigenvalue weighted by Gasteiger charge is 1.91. The molecule has 0 spiro atoms. The molecule has 0 amide bonds. The number of rotatable bonds is 18. The molecule has 4 nitrogen and oxygen atoms in total. The molecule has 160 valence electrons. The predicted molar refractivity (Wildman–Crippen MR) is 119 cm³/mol. The molecule has 0 aliphatic rings. The normalized spacial score (nSPS) is 11.1. The number of unbranched alkanes of at least 4 members (excludes halogenated alkanes) is 9. The molecule has 0 fully saturated rings. The van der Waals surface area contributed by atoms with Crippen molar-refractivity contribution in [1.82, 2.24) is 5.32 Å². The summed E-state index contributed by atoms with van der Waals surface area (Å²) < 4.78 is 0. The van der Waals surface area contributed by atoms with Crippen molar-refractivity contribution in [2.45, 2.75) is 97.3 Å². The second-order valence-corrected chi connectivity index (χ2v) is 7.00. The van der Waals surface area contributed by atoms with E-state index in [0.29, 0.717) is 0 Å². The maximum Gasteiger partial charge on any atom is 0.300 e. The van der Waals surface area contributed by atoms with Gasteiger partial charge < -0.3 is 16.2 Å². The van der Waals surface area contributed by atoms with E-state index in [1.54, 1.807) is 0 Å². The molecule has 0 aromatic carbocycles. The number of carboxylic acid groups (broad SMARTS) is 1. The fraction of sp³-hybridized carbons (Fsp3) is 0.783. The molecule has 0 aromatic heterocycles. The highest BCUT2D eigenvalue weighted by atomic mass is 16.4. The Morgan fingerprint density at radius 1 is 0.815 bits per heavy atom. The summed E-state index contributed by atoms with van der Waals surface area (Å²) in [5.41, 5.74) is 5.46. The van der Waals surface area contributed by atoms with Crippen molar-refractivity contribution < 1.29 is 9.90 Å². The van der Waals surface area contributed by atoms with E-state index in [9.17, 15) is 0 Å². The van der Waals surface area contributed by atoms with Gasteiger partial charge in [0.25, 0.3) is 5.97 Å². The lowest BCUT2D eigenvalue weighted by atomic mass is 10.1. The Hall–Kier alpha value is -1.13. The van der Waals surface area contributed by atoms with E-state index < -0.39 is 5.97 Å². The van der Waals surface area contributed by atoms with Crippen molar-refractivity contribution in [3.8, 4) is 0 Å². The van der Waals surface area contributed by atoms with Crippen LogP contribution in [0.5, 0.6) is 0 Å². The molecular weight excluding hydrogens is 336 g/mol. The SMILES string of the molecule is CC(=O)O.CCCCC/C=C\C/C=C\CCCCCCCCNCCCN. The lowest BCUT2D eigenvalue weighted by Gasteiger charge is -2.03. The molecule has 0 unspecified atom stereocenters. The van der Waals surface area contributed by atoms with Crippen LogP contribution in [0.25, 0.3) is 0 Å². The van der Waals surface area contributed by atoms with E-state index in [0.717, 1.165) is 39.4 Å². The topological polar surface area (TPSA) is 75.3 Å². The zero-order chi connectivity index (χ0) is 20.4. The van der Waals surface area contributed by atoms with Crippen molar-refractivity contribution >= 4 is 5.97 Å². The Morgan fingerprint density at radius 3 is 1.85 bits per heavy atom. The molecule has 4 N–H and O–H groups in total. The monoisotopic (exact) mass is 382 g/mol. The average Bonchev–Trinajstić information content (AvgIpc) is 2.63. The van der Waals surface area contributed by atoms with Gasteiger partial charge >= 0.3 is 0 Å². The second kappa shape index (κ2) is 27.1. The van der Waals surface area contributed by atoms with E-state index in [-0.39, 0.29) is 0 Å². The second-order valence-electron chi connectivity index (χ2n) is 7.00. The van der Waals surface area contributed by atoms with Gasteiger partial charge in [-0.2, -0.15) is 0 Å². The number of carbonyl (C=O) groups is 1. The lowest BCUT2D eigenvalue weighted by molar-refractivity contribution is -0.134. The Balaban J connectivity index is 0. The van der Waals surface area contributed by atoms with Gasteiger partial charge in [-0.3, -0.25) is 4.79 Å². The average molecular weight is 383 g/mol. The summed E-state index contributed by atoms with van der Waals surface area (Å²) >= 11 is 0. The minimum Gasteiger partial charge on any atom is -0.481 e. The largest absolute Gasteiger partial charge is 0.481 e. The number of hydrogen-bond acceptors (Lipinski definition) is 3. The van der Waals surface area contributed by atoms with E-state index >= 15 is 0 Å². The fourth-order valence-electron chi connectivity index (χ4n) is 2.59. The van der Waals surface area contributed by atoms with Gasteiger partial charge in [-0.25, -0.2) is 0 Å². The van der Waals surface area contributed by atoms with Crippen LogP contribution in [0.3, 0.4) is 0 Å². The Labute approximate surface area is 168 Å². The molecule has 0 saturated carbocycles. The van der Waals surface area contributed by atoms with Crippen LogP contribution in [0.4, 0.5) is 0 Å².